The molecule has 76 valence electrons. The molecule has 2 amide bonds. The van der Waals surface area contributed by atoms with Crippen molar-refractivity contribution in [3.05, 3.63) is 0 Å². The smallest absolute Gasteiger partial charge is 0.237 e. The number of carbonyl (C=O) groups excluding carboxylic acids is 2. The van der Waals surface area contributed by atoms with Crippen molar-refractivity contribution in [1.82, 2.24) is 4.90 Å². The van der Waals surface area contributed by atoms with Gasteiger partial charge in [-0.05, 0) is 6.42 Å². The number of nitrogens with two attached hydrogens (primary N) is 2. The molecule has 0 fully saturated rings. The molecule has 0 aliphatic rings. The van der Waals surface area contributed by atoms with Crippen molar-refractivity contribution in [3.63, 3.8) is 0 Å². The Morgan fingerprint density at radius 1 is 1.46 bits per heavy atom. The molecular formula is C8H17N3O2. The monoisotopic (exact) mass is 187 g/mol. The van der Waals surface area contributed by atoms with Gasteiger partial charge in [0.15, 0.2) is 0 Å². The molecule has 5 heteroatoms. The highest BCUT2D eigenvalue weighted by molar-refractivity contribution is 5.83. The molecule has 5 nitrogen and oxygen atoms in total. The van der Waals surface area contributed by atoms with Gasteiger partial charge in [-0.3, -0.25) is 9.59 Å². The Balaban J connectivity index is 3.89. The molecule has 0 aromatic heterocycles. The number of likely N-dealkylation sites (N-methyl/N-ethyl adjacent to an activating group) is 1. The highest BCUT2D eigenvalue weighted by Crippen LogP contribution is 1.97. The summed E-state index contributed by atoms with van der Waals surface area (Å²) in [5.74, 6) is -0.658. The van der Waals surface area contributed by atoms with Crippen LogP contribution in [0.15, 0.2) is 0 Å². The lowest BCUT2D eigenvalue weighted by Gasteiger charge is -2.17. The first kappa shape index (κ1) is 11.9. The summed E-state index contributed by atoms with van der Waals surface area (Å²) in [6.45, 7) is 1.86. The zero-order chi connectivity index (χ0) is 10.4. The van der Waals surface area contributed by atoms with E-state index in [-0.39, 0.29) is 24.9 Å². The molecule has 0 rings (SSSR count). The number of hydrogen-bond acceptors (Lipinski definition) is 3. The Labute approximate surface area is 78.1 Å². The van der Waals surface area contributed by atoms with Gasteiger partial charge in [-0.15, -0.1) is 0 Å². The van der Waals surface area contributed by atoms with Crippen LogP contribution in [0.3, 0.4) is 0 Å². The number of rotatable bonds is 5. The molecular weight excluding hydrogens is 170 g/mol. The zero-order valence-corrected chi connectivity index (χ0v) is 8.12. The van der Waals surface area contributed by atoms with Gasteiger partial charge in [0.05, 0.1) is 6.54 Å². The predicted molar refractivity (Wildman–Crippen MR) is 49.7 cm³/mol. The van der Waals surface area contributed by atoms with Crippen LogP contribution in [0.5, 0.6) is 0 Å². The standard InChI is InChI=1S/C8H17N3O2/c1-3-6(9)4-8(13)11(2)5-7(10)12/h6H,3-5,9H2,1-2H3,(H2,10,12). The topological polar surface area (TPSA) is 89.4 Å². The van der Waals surface area contributed by atoms with Gasteiger partial charge in [0.25, 0.3) is 0 Å². The van der Waals surface area contributed by atoms with Crippen molar-refractivity contribution < 1.29 is 9.59 Å². The number of amides is 2. The molecule has 0 aromatic carbocycles. The normalized spacial score (nSPS) is 12.2. The maximum absolute atomic E-state index is 11.3. The van der Waals surface area contributed by atoms with Crippen molar-refractivity contribution in [2.24, 2.45) is 11.5 Å². The summed E-state index contributed by atoms with van der Waals surface area (Å²) in [5.41, 5.74) is 10.5. The van der Waals surface area contributed by atoms with E-state index in [1.165, 1.54) is 11.9 Å². The van der Waals surface area contributed by atoms with E-state index in [0.717, 1.165) is 6.42 Å². The van der Waals surface area contributed by atoms with Gasteiger partial charge in [0.1, 0.15) is 0 Å². The number of carbonyl (C=O) groups is 2. The summed E-state index contributed by atoms with van der Waals surface area (Å²) in [6.07, 6.45) is 1.01. The summed E-state index contributed by atoms with van der Waals surface area (Å²) >= 11 is 0. The maximum atomic E-state index is 11.3. The van der Waals surface area contributed by atoms with Crippen LogP contribution in [0.4, 0.5) is 0 Å². The molecule has 0 aliphatic heterocycles. The van der Waals surface area contributed by atoms with Gasteiger partial charge in [-0.1, -0.05) is 6.92 Å². The molecule has 0 aliphatic carbocycles. The van der Waals surface area contributed by atoms with Crippen molar-refractivity contribution >= 4 is 11.8 Å². The largest absolute Gasteiger partial charge is 0.368 e. The van der Waals surface area contributed by atoms with Crippen LogP contribution in [-0.4, -0.2) is 36.3 Å². The van der Waals surface area contributed by atoms with Crippen LogP contribution in [0, 0.1) is 0 Å². The average molecular weight is 187 g/mol. The first-order chi connectivity index (χ1) is 5.97. The van der Waals surface area contributed by atoms with E-state index < -0.39 is 5.91 Å². The van der Waals surface area contributed by atoms with Gasteiger partial charge < -0.3 is 16.4 Å². The van der Waals surface area contributed by atoms with E-state index in [2.05, 4.69) is 0 Å². The molecule has 0 saturated heterocycles. The van der Waals surface area contributed by atoms with Crippen molar-refractivity contribution in [2.45, 2.75) is 25.8 Å². The summed E-state index contributed by atoms with van der Waals surface area (Å²) in [4.78, 5) is 23.0. The van der Waals surface area contributed by atoms with Crippen LogP contribution in [0.1, 0.15) is 19.8 Å². The second-order valence-corrected chi connectivity index (χ2v) is 3.09. The lowest BCUT2D eigenvalue weighted by atomic mass is 10.1. The van der Waals surface area contributed by atoms with Gasteiger partial charge in [0.2, 0.25) is 11.8 Å². The van der Waals surface area contributed by atoms with Gasteiger partial charge in [-0.25, -0.2) is 0 Å². The Hall–Kier alpha value is -1.10. The fourth-order valence-corrected chi connectivity index (χ4v) is 0.846. The number of nitrogens with zero attached hydrogens (tertiary/aromatic N) is 1. The number of hydrogen-bond donors (Lipinski definition) is 2. The van der Waals surface area contributed by atoms with E-state index in [1.54, 1.807) is 0 Å². The minimum atomic E-state index is -0.513. The summed E-state index contributed by atoms with van der Waals surface area (Å²) < 4.78 is 0. The molecule has 0 bridgehead atoms. The quantitative estimate of drug-likeness (QED) is 0.582. The molecule has 0 saturated carbocycles. The predicted octanol–water partition coefficient (Wildman–Crippen LogP) is -0.942. The molecule has 0 radical (unpaired) electrons. The summed E-state index contributed by atoms with van der Waals surface area (Å²) in [5, 5.41) is 0. The van der Waals surface area contributed by atoms with E-state index in [9.17, 15) is 9.59 Å². The highest BCUT2D eigenvalue weighted by atomic mass is 16.2. The Kier molecular flexibility index (Phi) is 5.06. The zero-order valence-electron chi connectivity index (χ0n) is 8.12. The first-order valence-corrected chi connectivity index (χ1v) is 4.25. The van der Waals surface area contributed by atoms with Gasteiger partial charge >= 0.3 is 0 Å². The van der Waals surface area contributed by atoms with E-state index in [1.807, 2.05) is 6.92 Å². The van der Waals surface area contributed by atoms with E-state index in [4.69, 9.17) is 11.5 Å². The minimum Gasteiger partial charge on any atom is -0.368 e. The SMILES string of the molecule is CCC(N)CC(=O)N(C)CC(N)=O. The summed E-state index contributed by atoms with van der Waals surface area (Å²) in [7, 11) is 1.54. The molecule has 0 aromatic rings. The summed E-state index contributed by atoms with van der Waals surface area (Å²) in [6, 6.07) is -0.136. The third-order valence-corrected chi connectivity index (χ3v) is 1.78. The van der Waals surface area contributed by atoms with Crippen LogP contribution >= 0.6 is 0 Å². The van der Waals surface area contributed by atoms with Crippen LogP contribution < -0.4 is 11.5 Å². The van der Waals surface area contributed by atoms with Gasteiger partial charge in [0, 0.05) is 19.5 Å². The molecule has 13 heavy (non-hydrogen) atoms. The lowest BCUT2D eigenvalue weighted by Crippen LogP contribution is -2.38. The second kappa shape index (κ2) is 5.53. The van der Waals surface area contributed by atoms with Crippen molar-refractivity contribution in [2.75, 3.05) is 13.6 Å². The molecule has 0 spiro atoms. The molecule has 1 atom stereocenters. The minimum absolute atomic E-state index is 0.0464. The lowest BCUT2D eigenvalue weighted by molar-refractivity contribution is -0.134. The highest BCUT2D eigenvalue weighted by Gasteiger charge is 2.13. The second-order valence-electron chi connectivity index (χ2n) is 3.09. The molecule has 1 unspecified atom stereocenters. The van der Waals surface area contributed by atoms with Crippen molar-refractivity contribution in [1.29, 1.82) is 0 Å². The van der Waals surface area contributed by atoms with Crippen LogP contribution in [0.2, 0.25) is 0 Å². The van der Waals surface area contributed by atoms with Gasteiger partial charge in [-0.2, -0.15) is 0 Å². The fraction of sp³-hybridized carbons (Fsp3) is 0.750. The van der Waals surface area contributed by atoms with E-state index >= 15 is 0 Å². The molecule has 0 heterocycles. The molecule has 4 N–H and O–H groups in total. The Bertz CT molecular complexity index is 194. The fourth-order valence-electron chi connectivity index (χ4n) is 0.846. The van der Waals surface area contributed by atoms with E-state index in [0.29, 0.717) is 0 Å². The maximum Gasteiger partial charge on any atom is 0.237 e. The third kappa shape index (κ3) is 5.19. The first-order valence-electron chi connectivity index (χ1n) is 4.25. The average Bonchev–Trinajstić information content (AvgIpc) is 2.02. The third-order valence-electron chi connectivity index (χ3n) is 1.78. The Morgan fingerprint density at radius 3 is 2.38 bits per heavy atom. The Morgan fingerprint density at radius 2 is 2.00 bits per heavy atom. The van der Waals surface area contributed by atoms with Crippen molar-refractivity contribution in [3.8, 4) is 0 Å². The van der Waals surface area contributed by atoms with Crippen LogP contribution in [0.25, 0.3) is 0 Å². The van der Waals surface area contributed by atoms with Crippen LogP contribution in [-0.2, 0) is 9.59 Å². The number of primary amides is 1.